The number of tetrazole rings is 1. The van der Waals surface area contributed by atoms with E-state index < -0.39 is 0 Å². The van der Waals surface area contributed by atoms with E-state index in [1.807, 2.05) is 12.1 Å². The third-order valence-electron chi connectivity index (χ3n) is 3.37. The maximum Gasteiger partial charge on any atom is 0.187 e. The number of aromatic nitrogens is 5. The van der Waals surface area contributed by atoms with Crippen LogP contribution in [0.2, 0.25) is 0 Å². The van der Waals surface area contributed by atoms with Crippen LogP contribution in [0.15, 0.2) is 48.8 Å². The molecule has 0 bridgehead atoms. The summed E-state index contributed by atoms with van der Waals surface area (Å²) in [6, 6.07) is 12.1. The first-order valence-electron chi connectivity index (χ1n) is 6.85. The Morgan fingerprint density at radius 3 is 2.38 bits per heavy atom. The predicted molar refractivity (Wildman–Crippen MR) is 81.1 cm³/mol. The van der Waals surface area contributed by atoms with Gasteiger partial charge in [-0.2, -0.15) is 4.68 Å². The molecule has 3 aromatic rings. The zero-order valence-corrected chi connectivity index (χ0v) is 12.4. The Kier molecular flexibility index (Phi) is 3.25. The molecule has 0 saturated heterocycles. The van der Waals surface area contributed by atoms with Crippen LogP contribution in [-0.2, 0) is 5.41 Å². The highest BCUT2D eigenvalue weighted by Gasteiger charge is 2.15. The van der Waals surface area contributed by atoms with Crippen molar-refractivity contribution in [1.82, 2.24) is 25.2 Å². The van der Waals surface area contributed by atoms with Crippen molar-refractivity contribution >= 4 is 0 Å². The van der Waals surface area contributed by atoms with Crippen molar-refractivity contribution in [3.05, 3.63) is 54.4 Å². The van der Waals surface area contributed by atoms with Gasteiger partial charge < -0.3 is 0 Å². The molecule has 0 aliphatic heterocycles. The van der Waals surface area contributed by atoms with E-state index in [-0.39, 0.29) is 5.41 Å². The molecule has 3 rings (SSSR count). The van der Waals surface area contributed by atoms with Gasteiger partial charge in [-0.15, -0.1) is 5.10 Å². The topological polar surface area (TPSA) is 56.5 Å². The van der Waals surface area contributed by atoms with Gasteiger partial charge in [0, 0.05) is 11.8 Å². The summed E-state index contributed by atoms with van der Waals surface area (Å²) in [5, 5.41) is 12.0. The molecule has 106 valence electrons. The molecule has 2 heterocycles. The van der Waals surface area contributed by atoms with E-state index in [0.717, 1.165) is 11.3 Å². The summed E-state index contributed by atoms with van der Waals surface area (Å²) in [6.45, 7) is 6.59. The molecule has 0 aliphatic rings. The zero-order valence-electron chi connectivity index (χ0n) is 12.4. The average molecular weight is 279 g/mol. The highest BCUT2D eigenvalue weighted by molar-refractivity contribution is 5.57. The summed E-state index contributed by atoms with van der Waals surface area (Å²) >= 11 is 0. The average Bonchev–Trinajstić information content (AvgIpc) is 2.97. The summed E-state index contributed by atoms with van der Waals surface area (Å²) < 4.78 is 1.69. The highest BCUT2D eigenvalue weighted by Crippen LogP contribution is 2.25. The standard InChI is InChI=1S/C16H17N5/c1-16(2,3)13-8-6-12(7-9-13)15-18-19-20-21(15)14-5-4-10-17-11-14/h4-11H,1-3H3. The summed E-state index contributed by atoms with van der Waals surface area (Å²) in [5.74, 6) is 0.712. The Balaban J connectivity index is 2.01. The zero-order chi connectivity index (χ0) is 14.9. The molecule has 5 nitrogen and oxygen atoms in total. The smallest absolute Gasteiger partial charge is 0.187 e. The number of benzene rings is 1. The van der Waals surface area contributed by atoms with Gasteiger partial charge in [0.15, 0.2) is 5.82 Å². The van der Waals surface area contributed by atoms with Crippen molar-refractivity contribution in [2.75, 3.05) is 0 Å². The Morgan fingerprint density at radius 2 is 1.76 bits per heavy atom. The van der Waals surface area contributed by atoms with Crippen molar-refractivity contribution in [2.45, 2.75) is 26.2 Å². The number of hydrogen-bond acceptors (Lipinski definition) is 4. The number of nitrogens with zero attached hydrogens (tertiary/aromatic N) is 5. The van der Waals surface area contributed by atoms with Crippen LogP contribution in [-0.4, -0.2) is 25.2 Å². The van der Waals surface area contributed by atoms with E-state index in [4.69, 9.17) is 0 Å². The third-order valence-corrected chi connectivity index (χ3v) is 3.37. The fraction of sp³-hybridized carbons (Fsp3) is 0.250. The second kappa shape index (κ2) is 5.09. The first-order chi connectivity index (χ1) is 10.1. The first kappa shape index (κ1) is 13.4. The van der Waals surface area contributed by atoms with Crippen LogP contribution < -0.4 is 0 Å². The largest absolute Gasteiger partial charge is 0.262 e. The number of rotatable bonds is 2. The van der Waals surface area contributed by atoms with Crippen molar-refractivity contribution in [1.29, 1.82) is 0 Å². The van der Waals surface area contributed by atoms with Gasteiger partial charge in [-0.05, 0) is 33.5 Å². The maximum atomic E-state index is 4.13. The SMILES string of the molecule is CC(C)(C)c1ccc(-c2nnnn2-c2cccnc2)cc1. The molecule has 21 heavy (non-hydrogen) atoms. The molecule has 0 N–H and O–H groups in total. The Bertz CT molecular complexity index is 723. The van der Waals surface area contributed by atoms with Gasteiger partial charge in [-0.1, -0.05) is 45.0 Å². The minimum atomic E-state index is 0.133. The Hall–Kier alpha value is -2.56. The van der Waals surface area contributed by atoms with Gasteiger partial charge in [0.1, 0.15) is 0 Å². The van der Waals surface area contributed by atoms with E-state index in [9.17, 15) is 0 Å². The second-order valence-electron chi connectivity index (χ2n) is 5.95. The van der Waals surface area contributed by atoms with Crippen LogP contribution in [0.4, 0.5) is 0 Å². The number of hydrogen-bond donors (Lipinski definition) is 0. The quantitative estimate of drug-likeness (QED) is 0.723. The summed E-state index contributed by atoms with van der Waals surface area (Å²) in [4.78, 5) is 4.11. The summed E-state index contributed by atoms with van der Waals surface area (Å²) in [7, 11) is 0. The van der Waals surface area contributed by atoms with Gasteiger partial charge in [0.2, 0.25) is 0 Å². The van der Waals surface area contributed by atoms with E-state index in [0.29, 0.717) is 5.82 Å². The first-order valence-corrected chi connectivity index (χ1v) is 6.85. The molecule has 0 fully saturated rings. The van der Waals surface area contributed by atoms with Crippen LogP contribution >= 0.6 is 0 Å². The van der Waals surface area contributed by atoms with E-state index in [1.165, 1.54) is 5.56 Å². The van der Waals surface area contributed by atoms with Crippen LogP contribution in [0.25, 0.3) is 17.1 Å². The fourth-order valence-corrected chi connectivity index (χ4v) is 2.14. The Morgan fingerprint density at radius 1 is 1.00 bits per heavy atom. The molecule has 0 spiro atoms. The van der Waals surface area contributed by atoms with E-state index in [2.05, 4.69) is 65.5 Å². The van der Waals surface area contributed by atoms with Crippen LogP contribution in [0, 0.1) is 0 Å². The van der Waals surface area contributed by atoms with Crippen LogP contribution in [0.5, 0.6) is 0 Å². The molecule has 0 atom stereocenters. The van der Waals surface area contributed by atoms with E-state index in [1.54, 1.807) is 17.1 Å². The lowest BCUT2D eigenvalue weighted by atomic mass is 9.87. The lowest BCUT2D eigenvalue weighted by Gasteiger charge is -2.19. The third kappa shape index (κ3) is 2.67. The normalized spacial score (nSPS) is 11.6. The lowest BCUT2D eigenvalue weighted by molar-refractivity contribution is 0.590. The maximum absolute atomic E-state index is 4.13. The van der Waals surface area contributed by atoms with Gasteiger partial charge in [-0.25, -0.2) is 0 Å². The molecular formula is C16H17N5. The molecule has 0 aliphatic carbocycles. The minimum Gasteiger partial charge on any atom is -0.262 e. The molecule has 5 heteroatoms. The van der Waals surface area contributed by atoms with E-state index >= 15 is 0 Å². The van der Waals surface area contributed by atoms with Crippen molar-refractivity contribution in [3.8, 4) is 17.1 Å². The monoisotopic (exact) mass is 279 g/mol. The molecule has 0 radical (unpaired) electrons. The fourth-order valence-electron chi connectivity index (χ4n) is 2.14. The molecule has 0 saturated carbocycles. The van der Waals surface area contributed by atoms with Gasteiger partial charge in [-0.3, -0.25) is 4.98 Å². The summed E-state index contributed by atoms with van der Waals surface area (Å²) in [5.41, 5.74) is 3.24. The summed E-state index contributed by atoms with van der Waals surface area (Å²) in [6.07, 6.45) is 3.47. The minimum absolute atomic E-state index is 0.133. The van der Waals surface area contributed by atoms with Crippen molar-refractivity contribution in [2.24, 2.45) is 0 Å². The highest BCUT2D eigenvalue weighted by atomic mass is 15.5. The number of pyridine rings is 1. The molecular weight excluding hydrogens is 262 g/mol. The predicted octanol–water partition coefficient (Wildman–Crippen LogP) is 3.02. The van der Waals surface area contributed by atoms with Gasteiger partial charge in [0.05, 0.1) is 11.9 Å². The Labute approximate surface area is 123 Å². The van der Waals surface area contributed by atoms with Gasteiger partial charge in [0.25, 0.3) is 0 Å². The van der Waals surface area contributed by atoms with Gasteiger partial charge >= 0.3 is 0 Å². The molecule has 1 aromatic carbocycles. The molecule has 2 aromatic heterocycles. The van der Waals surface area contributed by atoms with Crippen LogP contribution in [0.3, 0.4) is 0 Å². The lowest BCUT2D eigenvalue weighted by Crippen LogP contribution is -2.10. The van der Waals surface area contributed by atoms with Crippen molar-refractivity contribution in [3.63, 3.8) is 0 Å². The molecule has 0 unspecified atom stereocenters. The van der Waals surface area contributed by atoms with Crippen LogP contribution in [0.1, 0.15) is 26.3 Å². The second-order valence-corrected chi connectivity index (χ2v) is 5.95. The van der Waals surface area contributed by atoms with Crippen molar-refractivity contribution < 1.29 is 0 Å². The molecule has 0 amide bonds.